The van der Waals surface area contributed by atoms with Crippen LogP contribution >= 0.6 is 0 Å². The van der Waals surface area contributed by atoms with Gasteiger partial charge in [0.25, 0.3) is 0 Å². The average molecular weight is 276 g/mol. The van der Waals surface area contributed by atoms with E-state index in [1.165, 1.54) is 4.90 Å². The van der Waals surface area contributed by atoms with Crippen molar-refractivity contribution in [1.82, 2.24) is 14.9 Å². The minimum absolute atomic E-state index is 0.104. The molecule has 1 aliphatic heterocycles. The maximum atomic E-state index is 10.6. The molecule has 1 atom stereocenters. The lowest BCUT2D eigenvalue weighted by Gasteiger charge is -2.23. The zero-order chi connectivity index (χ0) is 14.5. The van der Waals surface area contributed by atoms with Gasteiger partial charge in [0, 0.05) is 44.1 Å². The molecule has 1 aromatic rings. The molecule has 0 fully saturated rings. The van der Waals surface area contributed by atoms with E-state index in [1.807, 2.05) is 0 Å². The summed E-state index contributed by atoms with van der Waals surface area (Å²) in [4.78, 5) is 23.0. The van der Waals surface area contributed by atoms with Gasteiger partial charge >= 0.3 is 5.97 Å². The zero-order valence-corrected chi connectivity index (χ0v) is 11.9. The van der Waals surface area contributed by atoms with E-state index in [0.717, 1.165) is 25.1 Å². The van der Waals surface area contributed by atoms with E-state index in [0.29, 0.717) is 12.0 Å². The van der Waals surface area contributed by atoms with E-state index >= 15 is 0 Å². The minimum atomic E-state index is -0.894. The summed E-state index contributed by atoms with van der Waals surface area (Å²) >= 11 is 0. The predicted molar refractivity (Wildman–Crippen MR) is 76.6 cm³/mol. The van der Waals surface area contributed by atoms with Crippen LogP contribution in [0.5, 0.6) is 0 Å². The molecule has 1 aliphatic rings. The molecule has 2 heterocycles. The Labute approximate surface area is 118 Å². The molecular formula is C14H20N4O2. The molecule has 20 heavy (non-hydrogen) atoms. The van der Waals surface area contributed by atoms with Gasteiger partial charge < -0.3 is 10.0 Å². The number of nitrogens with zero attached hydrogens (tertiary/aromatic N) is 4. The molecule has 1 N–H and O–H groups in total. The molecule has 1 aromatic heterocycles. The fourth-order valence-corrected chi connectivity index (χ4v) is 2.32. The quantitative estimate of drug-likeness (QED) is 0.786. The number of carboxylic acid groups (broad SMARTS) is 1. The van der Waals surface area contributed by atoms with Crippen molar-refractivity contribution in [1.29, 1.82) is 0 Å². The summed E-state index contributed by atoms with van der Waals surface area (Å²) in [7, 11) is 1.67. The highest BCUT2D eigenvalue weighted by Gasteiger charge is 2.18. The van der Waals surface area contributed by atoms with Crippen LogP contribution in [0.15, 0.2) is 24.5 Å². The van der Waals surface area contributed by atoms with Crippen molar-refractivity contribution < 1.29 is 9.90 Å². The highest BCUT2D eigenvalue weighted by atomic mass is 16.4. The maximum Gasteiger partial charge on any atom is 0.323 e. The Kier molecular flexibility index (Phi) is 4.68. The second-order valence-electron chi connectivity index (χ2n) is 4.97. The Morgan fingerprint density at radius 3 is 2.80 bits per heavy atom. The fraction of sp³-hybridized carbons (Fsp3) is 0.500. The molecule has 0 saturated carbocycles. The number of aliphatic carboxylic acids is 1. The molecular weight excluding hydrogens is 256 g/mol. The lowest BCUT2D eigenvalue weighted by Crippen LogP contribution is -2.29. The van der Waals surface area contributed by atoms with Crippen molar-refractivity contribution in [2.24, 2.45) is 0 Å². The van der Waals surface area contributed by atoms with Crippen molar-refractivity contribution in [3.8, 4) is 0 Å². The van der Waals surface area contributed by atoms with E-state index in [2.05, 4.69) is 33.9 Å². The first-order valence-electron chi connectivity index (χ1n) is 6.74. The lowest BCUT2D eigenvalue weighted by atomic mass is 10.2. The molecule has 1 unspecified atom stereocenters. The van der Waals surface area contributed by atoms with Crippen molar-refractivity contribution >= 4 is 11.9 Å². The first-order chi connectivity index (χ1) is 9.60. The van der Waals surface area contributed by atoms with E-state index in [1.54, 1.807) is 19.4 Å². The molecule has 0 aromatic carbocycles. The molecule has 0 bridgehead atoms. The van der Waals surface area contributed by atoms with Crippen LogP contribution < -0.4 is 4.90 Å². The summed E-state index contributed by atoms with van der Waals surface area (Å²) in [6.07, 6.45) is 9.05. The number of aromatic nitrogens is 2. The number of anilines is 1. The number of carboxylic acids is 1. The molecule has 0 spiro atoms. The summed E-state index contributed by atoms with van der Waals surface area (Å²) in [6, 6.07) is 0.490. The Balaban J connectivity index is 1.96. The number of hydrogen-bond acceptors (Lipinski definition) is 5. The standard InChI is InChI=1S/C14H20N4O2/c1-3-12-5-4-6-18(12)9-11-7-15-14(16-8-11)17(2)10-13(19)20/h4-5,7-8,12H,3,6,9-10H2,1-2H3,(H,19,20). The predicted octanol–water partition coefficient (Wildman–Crippen LogP) is 1.15. The van der Waals surface area contributed by atoms with E-state index in [4.69, 9.17) is 5.11 Å². The van der Waals surface area contributed by atoms with Gasteiger partial charge in [0.05, 0.1) is 0 Å². The third-order valence-corrected chi connectivity index (χ3v) is 3.38. The summed E-state index contributed by atoms with van der Waals surface area (Å²) < 4.78 is 0. The van der Waals surface area contributed by atoms with E-state index in [-0.39, 0.29) is 6.54 Å². The number of rotatable bonds is 6. The van der Waals surface area contributed by atoms with Gasteiger partial charge in [0.15, 0.2) is 0 Å². The van der Waals surface area contributed by atoms with Crippen LogP contribution in [0.25, 0.3) is 0 Å². The van der Waals surface area contributed by atoms with Crippen molar-refractivity contribution in [2.75, 3.05) is 25.0 Å². The first-order valence-corrected chi connectivity index (χ1v) is 6.74. The molecule has 0 radical (unpaired) electrons. The monoisotopic (exact) mass is 276 g/mol. The van der Waals surface area contributed by atoms with Gasteiger partial charge in [-0.25, -0.2) is 9.97 Å². The fourth-order valence-electron chi connectivity index (χ4n) is 2.32. The smallest absolute Gasteiger partial charge is 0.323 e. The molecule has 108 valence electrons. The second kappa shape index (κ2) is 6.47. The van der Waals surface area contributed by atoms with Crippen LogP contribution in [0.1, 0.15) is 18.9 Å². The molecule has 2 rings (SSSR count). The lowest BCUT2D eigenvalue weighted by molar-refractivity contribution is -0.135. The molecule has 6 nitrogen and oxygen atoms in total. The van der Waals surface area contributed by atoms with Crippen LogP contribution in [0, 0.1) is 0 Å². The summed E-state index contributed by atoms with van der Waals surface area (Å²) in [5, 5.41) is 8.73. The van der Waals surface area contributed by atoms with Gasteiger partial charge in [-0.2, -0.15) is 0 Å². The first kappa shape index (κ1) is 14.5. The Morgan fingerprint density at radius 1 is 1.50 bits per heavy atom. The minimum Gasteiger partial charge on any atom is -0.480 e. The van der Waals surface area contributed by atoms with Crippen LogP contribution in [0.3, 0.4) is 0 Å². The van der Waals surface area contributed by atoms with Gasteiger partial charge in [-0.1, -0.05) is 19.1 Å². The summed E-state index contributed by atoms with van der Waals surface area (Å²) in [5.41, 5.74) is 1.04. The molecule has 6 heteroatoms. The normalized spacial score (nSPS) is 18.4. The third kappa shape index (κ3) is 3.54. The molecule has 0 amide bonds. The SMILES string of the molecule is CCC1C=CCN1Cc1cnc(N(C)CC(=O)O)nc1. The van der Waals surface area contributed by atoms with Crippen molar-refractivity contribution in [2.45, 2.75) is 25.9 Å². The third-order valence-electron chi connectivity index (χ3n) is 3.38. The summed E-state index contributed by atoms with van der Waals surface area (Å²) in [5.74, 6) is -0.461. The maximum absolute atomic E-state index is 10.6. The van der Waals surface area contributed by atoms with Gasteiger partial charge in [0.2, 0.25) is 5.95 Å². The van der Waals surface area contributed by atoms with Gasteiger partial charge in [0.1, 0.15) is 6.54 Å². The molecule has 0 aliphatic carbocycles. The number of carbonyl (C=O) groups is 1. The Morgan fingerprint density at radius 2 is 2.20 bits per heavy atom. The van der Waals surface area contributed by atoms with Crippen molar-refractivity contribution in [3.05, 3.63) is 30.1 Å². The summed E-state index contributed by atoms with van der Waals surface area (Å²) in [6.45, 7) is 3.84. The highest BCUT2D eigenvalue weighted by molar-refractivity contribution is 5.72. The highest BCUT2D eigenvalue weighted by Crippen LogP contribution is 2.16. The second-order valence-corrected chi connectivity index (χ2v) is 4.97. The van der Waals surface area contributed by atoms with Gasteiger partial charge in [-0.3, -0.25) is 9.69 Å². The zero-order valence-electron chi connectivity index (χ0n) is 11.9. The van der Waals surface area contributed by atoms with Crippen molar-refractivity contribution in [3.63, 3.8) is 0 Å². The number of likely N-dealkylation sites (N-methyl/N-ethyl adjacent to an activating group) is 1. The van der Waals surface area contributed by atoms with E-state index in [9.17, 15) is 4.79 Å². The van der Waals surface area contributed by atoms with Crippen LogP contribution in [0.2, 0.25) is 0 Å². The molecule has 0 saturated heterocycles. The van der Waals surface area contributed by atoms with E-state index < -0.39 is 5.97 Å². The van der Waals surface area contributed by atoms with Crippen LogP contribution in [-0.2, 0) is 11.3 Å². The Hall–Kier alpha value is -1.95. The van der Waals surface area contributed by atoms with Crippen LogP contribution in [-0.4, -0.2) is 52.1 Å². The topological polar surface area (TPSA) is 69.6 Å². The average Bonchev–Trinajstić information content (AvgIpc) is 2.86. The largest absolute Gasteiger partial charge is 0.480 e. The van der Waals surface area contributed by atoms with Crippen LogP contribution in [0.4, 0.5) is 5.95 Å². The number of hydrogen-bond donors (Lipinski definition) is 1. The van der Waals surface area contributed by atoms with Gasteiger partial charge in [-0.15, -0.1) is 0 Å². The Bertz CT molecular complexity index is 486. The van der Waals surface area contributed by atoms with Gasteiger partial charge in [-0.05, 0) is 6.42 Å².